The molecule has 11 heteroatoms. The lowest BCUT2D eigenvalue weighted by atomic mass is 10.1. The van der Waals surface area contributed by atoms with E-state index in [9.17, 15) is 14.4 Å². The Morgan fingerprint density at radius 2 is 1.94 bits per heavy atom. The molecule has 0 atom stereocenters. The summed E-state index contributed by atoms with van der Waals surface area (Å²) < 4.78 is 17.3. The lowest BCUT2D eigenvalue weighted by Gasteiger charge is -2.26. The quantitative estimate of drug-likeness (QED) is 0.522. The van der Waals surface area contributed by atoms with Crippen molar-refractivity contribution in [3.05, 3.63) is 79.5 Å². The third kappa shape index (κ3) is 4.63. The molecule has 1 aliphatic heterocycles. The Morgan fingerprint density at radius 1 is 1.21 bits per heavy atom. The maximum atomic E-state index is 13.8. The molecule has 10 nitrogen and oxygen atoms in total. The zero-order valence-corrected chi connectivity index (χ0v) is 19.1. The van der Waals surface area contributed by atoms with Gasteiger partial charge in [-0.05, 0) is 17.7 Å². The van der Waals surface area contributed by atoms with E-state index in [0.29, 0.717) is 24.7 Å². The van der Waals surface area contributed by atoms with E-state index >= 15 is 0 Å². The number of methoxy groups -OCH3 is 1. The second-order valence-electron chi connectivity index (χ2n) is 7.50. The minimum atomic E-state index is -0.788. The van der Waals surface area contributed by atoms with E-state index in [4.69, 9.17) is 31.5 Å². The zero-order valence-electron chi connectivity index (χ0n) is 18.4. The molecular formula is C23H23ClN4O6. The number of ether oxygens (including phenoxy) is 3. The van der Waals surface area contributed by atoms with Crippen LogP contribution in [0.1, 0.15) is 15.9 Å². The van der Waals surface area contributed by atoms with Crippen LogP contribution in [0.2, 0.25) is 5.02 Å². The molecule has 3 N–H and O–H groups in total. The number of carbonyl (C=O) groups is 1. The number of aromatic amines is 1. The summed E-state index contributed by atoms with van der Waals surface area (Å²) in [6.07, 6.45) is 0. The lowest BCUT2D eigenvalue weighted by Crippen LogP contribution is -2.41. The van der Waals surface area contributed by atoms with Gasteiger partial charge in [0.05, 0.1) is 24.7 Å². The largest absolute Gasteiger partial charge is 0.486 e. The minimum absolute atomic E-state index is 0.0154. The Kier molecular flexibility index (Phi) is 6.90. The van der Waals surface area contributed by atoms with Crippen LogP contribution >= 0.6 is 11.6 Å². The van der Waals surface area contributed by atoms with Crippen LogP contribution in [0.3, 0.4) is 0 Å². The number of aromatic nitrogens is 2. The van der Waals surface area contributed by atoms with E-state index in [2.05, 4.69) is 4.98 Å². The zero-order chi connectivity index (χ0) is 24.2. The van der Waals surface area contributed by atoms with Gasteiger partial charge in [0.2, 0.25) is 0 Å². The first-order valence-corrected chi connectivity index (χ1v) is 10.8. The minimum Gasteiger partial charge on any atom is -0.486 e. The average molecular weight is 487 g/mol. The van der Waals surface area contributed by atoms with E-state index < -0.39 is 17.2 Å². The molecule has 1 aromatic heterocycles. The van der Waals surface area contributed by atoms with Gasteiger partial charge < -0.3 is 19.9 Å². The van der Waals surface area contributed by atoms with Crippen LogP contribution in [0, 0.1) is 0 Å². The fourth-order valence-corrected chi connectivity index (χ4v) is 3.92. The molecule has 0 saturated heterocycles. The van der Waals surface area contributed by atoms with Gasteiger partial charge in [-0.1, -0.05) is 41.9 Å². The SMILES string of the molecule is COCCn1c(N)c(N(Cc2ccccc2)C(=O)c2cc(Cl)c3c(c2)OCCO3)c(=O)[nH]c1=O. The van der Waals surface area contributed by atoms with E-state index in [1.807, 2.05) is 30.3 Å². The number of halogens is 1. The molecule has 3 aromatic rings. The highest BCUT2D eigenvalue weighted by Gasteiger charge is 2.28. The van der Waals surface area contributed by atoms with E-state index in [0.717, 1.165) is 10.1 Å². The smallest absolute Gasteiger partial charge is 0.330 e. The first-order valence-electron chi connectivity index (χ1n) is 10.5. The van der Waals surface area contributed by atoms with Crippen LogP contribution in [0.5, 0.6) is 11.5 Å². The summed E-state index contributed by atoms with van der Waals surface area (Å²) in [5.41, 5.74) is 5.53. The van der Waals surface area contributed by atoms with Gasteiger partial charge in [0.25, 0.3) is 11.5 Å². The van der Waals surface area contributed by atoms with Gasteiger partial charge >= 0.3 is 5.69 Å². The molecule has 34 heavy (non-hydrogen) atoms. The predicted octanol–water partition coefficient (Wildman–Crippen LogP) is 2.04. The van der Waals surface area contributed by atoms with E-state index in [1.54, 1.807) is 0 Å². The van der Waals surface area contributed by atoms with Crippen LogP contribution in [0.25, 0.3) is 0 Å². The van der Waals surface area contributed by atoms with Gasteiger partial charge in [-0.3, -0.25) is 24.0 Å². The summed E-state index contributed by atoms with van der Waals surface area (Å²) in [6.45, 7) is 0.941. The summed E-state index contributed by atoms with van der Waals surface area (Å²) in [5.74, 6) is -0.0335. The van der Waals surface area contributed by atoms with Crippen molar-refractivity contribution in [3.63, 3.8) is 0 Å². The molecule has 0 spiro atoms. The van der Waals surface area contributed by atoms with Crippen LogP contribution in [-0.2, 0) is 17.8 Å². The molecule has 4 rings (SSSR count). The van der Waals surface area contributed by atoms with Gasteiger partial charge in [-0.2, -0.15) is 0 Å². The van der Waals surface area contributed by atoms with Crippen LogP contribution in [0.15, 0.2) is 52.1 Å². The van der Waals surface area contributed by atoms with Crippen molar-refractivity contribution in [2.75, 3.05) is 37.6 Å². The topological polar surface area (TPSA) is 129 Å². The molecule has 0 unspecified atom stereocenters. The summed E-state index contributed by atoms with van der Waals surface area (Å²) in [6, 6.07) is 12.0. The van der Waals surface area contributed by atoms with Crippen molar-refractivity contribution < 1.29 is 19.0 Å². The predicted molar refractivity (Wildman–Crippen MR) is 127 cm³/mol. The van der Waals surface area contributed by atoms with Crippen LogP contribution in [0.4, 0.5) is 11.5 Å². The standard InChI is InChI=1S/C23H23ClN4O6/c1-32-8-7-27-20(25)18(21(29)26-23(27)31)28(13-14-5-3-2-4-6-14)22(30)15-11-16(24)19-17(12-15)33-9-10-34-19/h2-6,11-12H,7-10,13,25H2,1H3,(H,26,29,31). The molecular weight excluding hydrogens is 464 g/mol. The molecule has 2 heterocycles. The Hall–Kier alpha value is -3.76. The summed E-state index contributed by atoms with van der Waals surface area (Å²) in [5, 5.41) is 0.201. The number of hydrogen-bond acceptors (Lipinski definition) is 7. The van der Waals surface area contributed by atoms with Crippen LogP contribution in [-0.4, -0.2) is 42.4 Å². The van der Waals surface area contributed by atoms with Gasteiger partial charge in [-0.25, -0.2) is 4.79 Å². The molecule has 178 valence electrons. The summed E-state index contributed by atoms with van der Waals surface area (Å²) >= 11 is 6.34. The molecule has 0 bridgehead atoms. The number of nitrogens with one attached hydrogen (secondary N) is 1. The maximum absolute atomic E-state index is 13.8. The van der Waals surface area contributed by atoms with Gasteiger partial charge in [0.1, 0.15) is 19.0 Å². The molecule has 0 saturated carbocycles. The fourth-order valence-electron chi connectivity index (χ4n) is 3.65. The number of H-pyrrole nitrogens is 1. The Morgan fingerprint density at radius 3 is 2.68 bits per heavy atom. The number of anilines is 2. The van der Waals surface area contributed by atoms with Crippen LogP contribution < -0.4 is 31.4 Å². The average Bonchev–Trinajstić information content (AvgIpc) is 2.83. The second-order valence-corrected chi connectivity index (χ2v) is 7.90. The van der Waals surface area contributed by atoms with E-state index in [1.165, 1.54) is 24.1 Å². The number of carbonyl (C=O) groups excluding carboxylic acids is 1. The Bertz CT molecular complexity index is 1320. The Balaban J connectivity index is 1.85. The number of fused-ring (bicyclic) bond motifs is 1. The van der Waals surface area contributed by atoms with Gasteiger partial charge in [0.15, 0.2) is 17.2 Å². The molecule has 2 aromatic carbocycles. The number of amides is 1. The van der Waals surface area contributed by atoms with Gasteiger partial charge in [0, 0.05) is 12.7 Å². The van der Waals surface area contributed by atoms with Crippen molar-refractivity contribution in [2.45, 2.75) is 13.1 Å². The Labute approximate surface area is 199 Å². The first-order chi connectivity index (χ1) is 16.4. The maximum Gasteiger partial charge on any atom is 0.330 e. The number of nitrogen functional groups attached to an aromatic ring is 1. The normalized spacial score (nSPS) is 12.4. The second kappa shape index (κ2) is 10.0. The lowest BCUT2D eigenvalue weighted by molar-refractivity contribution is 0.0983. The van der Waals surface area contributed by atoms with Crippen molar-refractivity contribution >= 4 is 29.0 Å². The molecule has 1 amide bonds. The highest BCUT2D eigenvalue weighted by Crippen LogP contribution is 2.39. The number of benzene rings is 2. The highest BCUT2D eigenvalue weighted by atomic mass is 35.5. The van der Waals surface area contributed by atoms with Crippen molar-refractivity contribution in [3.8, 4) is 11.5 Å². The number of rotatable bonds is 7. The van der Waals surface area contributed by atoms with Crippen molar-refractivity contribution in [2.24, 2.45) is 0 Å². The monoisotopic (exact) mass is 486 g/mol. The summed E-state index contributed by atoms with van der Waals surface area (Å²) in [4.78, 5) is 42.5. The number of hydrogen-bond donors (Lipinski definition) is 2. The first kappa shape index (κ1) is 23.4. The number of nitrogens with zero attached hydrogens (tertiary/aromatic N) is 2. The number of nitrogens with two attached hydrogens (primary N) is 1. The third-order valence-electron chi connectivity index (χ3n) is 5.28. The summed E-state index contributed by atoms with van der Waals surface area (Å²) in [7, 11) is 1.48. The third-order valence-corrected chi connectivity index (χ3v) is 5.56. The fraction of sp³-hybridized carbons (Fsp3) is 0.261. The van der Waals surface area contributed by atoms with Crippen molar-refractivity contribution in [1.82, 2.24) is 9.55 Å². The molecule has 1 aliphatic rings. The van der Waals surface area contributed by atoms with Crippen molar-refractivity contribution in [1.29, 1.82) is 0 Å². The highest BCUT2D eigenvalue weighted by molar-refractivity contribution is 6.33. The molecule has 0 fully saturated rings. The molecule has 0 radical (unpaired) electrons. The van der Waals surface area contributed by atoms with Gasteiger partial charge in [-0.15, -0.1) is 0 Å². The molecule has 0 aliphatic carbocycles. The van der Waals surface area contributed by atoms with E-state index in [-0.39, 0.29) is 41.8 Å².